The minimum Gasteiger partial charge on any atom is -0.337 e. The van der Waals surface area contributed by atoms with Crippen LogP contribution in [0.4, 0.5) is 0 Å². The number of rotatable bonds is 6. The summed E-state index contributed by atoms with van der Waals surface area (Å²) < 4.78 is 0. The van der Waals surface area contributed by atoms with Crippen LogP contribution in [0, 0.1) is 0 Å². The third-order valence-corrected chi connectivity index (χ3v) is 4.31. The maximum absolute atomic E-state index is 12.4. The second-order valence-corrected chi connectivity index (χ2v) is 6.34. The van der Waals surface area contributed by atoms with Gasteiger partial charge in [-0.25, -0.2) is 0 Å². The van der Waals surface area contributed by atoms with E-state index in [4.69, 9.17) is 5.73 Å². The molecule has 1 heterocycles. The number of nitrogens with two attached hydrogens (primary N) is 1. The van der Waals surface area contributed by atoms with Crippen LogP contribution in [-0.4, -0.2) is 47.4 Å². The normalized spacial score (nSPS) is 20.6. The summed E-state index contributed by atoms with van der Waals surface area (Å²) in [6.07, 6.45) is 3.21. The van der Waals surface area contributed by atoms with Crippen molar-refractivity contribution < 1.29 is 4.79 Å². The van der Waals surface area contributed by atoms with Gasteiger partial charge in [-0.05, 0) is 38.3 Å². The van der Waals surface area contributed by atoms with Crippen LogP contribution in [0.2, 0.25) is 0 Å². The number of likely N-dealkylation sites (tertiary alicyclic amines) is 1. The van der Waals surface area contributed by atoms with Crippen molar-refractivity contribution in [2.24, 2.45) is 5.73 Å². The molecule has 0 bridgehead atoms. The van der Waals surface area contributed by atoms with Crippen molar-refractivity contribution >= 4 is 5.91 Å². The molecule has 1 aromatic carbocycles. The first-order chi connectivity index (χ1) is 10.6. The molecule has 2 rings (SSSR count). The Labute approximate surface area is 134 Å². The zero-order chi connectivity index (χ0) is 15.9. The number of hydrogen-bond acceptors (Lipinski definition) is 3. The summed E-state index contributed by atoms with van der Waals surface area (Å²) in [5, 5.41) is 0. The van der Waals surface area contributed by atoms with Gasteiger partial charge in [0.05, 0.1) is 6.04 Å². The van der Waals surface area contributed by atoms with E-state index in [1.807, 2.05) is 11.0 Å². The van der Waals surface area contributed by atoms with Gasteiger partial charge in [0, 0.05) is 25.7 Å². The fourth-order valence-corrected chi connectivity index (χ4v) is 3.25. The second kappa shape index (κ2) is 8.30. The summed E-state index contributed by atoms with van der Waals surface area (Å²) in [6.45, 7) is 7.74. The quantitative estimate of drug-likeness (QED) is 0.877. The average Bonchev–Trinajstić information content (AvgIpc) is 2.53. The molecule has 2 N–H and O–H groups in total. The number of nitrogens with zero attached hydrogens (tertiary/aromatic N) is 2. The molecule has 1 aliphatic rings. The summed E-state index contributed by atoms with van der Waals surface area (Å²) in [7, 11) is 0. The van der Waals surface area contributed by atoms with E-state index in [0.29, 0.717) is 6.04 Å². The molecule has 1 aliphatic heterocycles. The number of benzene rings is 1. The lowest BCUT2D eigenvalue weighted by Crippen LogP contribution is -2.53. The van der Waals surface area contributed by atoms with E-state index in [1.165, 1.54) is 5.56 Å². The van der Waals surface area contributed by atoms with Gasteiger partial charge in [0.1, 0.15) is 0 Å². The maximum Gasteiger partial charge on any atom is 0.239 e. The third-order valence-electron chi connectivity index (χ3n) is 4.31. The Bertz CT molecular complexity index is 461. The first kappa shape index (κ1) is 17.0. The number of hydrogen-bond donors (Lipinski definition) is 1. The molecule has 2 atom stereocenters. The van der Waals surface area contributed by atoms with E-state index in [2.05, 4.69) is 36.1 Å². The standard InChI is InChI=1S/C18H29N3O/c1-3-11-21(18(22)15(2)19)17-10-7-12-20(14-17)13-16-8-5-4-6-9-16/h4-6,8-9,15,17H,3,7,10-14,19H2,1-2H3. The lowest BCUT2D eigenvalue weighted by Gasteiger charge is -2.40. The molecule has 4 heteroatoms. The Morgan fingerprint density at radius 1 is 1.41 bits per heavy atom. The fourth-order valence-electron chi connectivity index (χ4n) is 3.25. The van der Waals surface area contributed by atoms with Gasteiger partial charge in [-0.3, -0.25) is 9.69 Å². The van der Waals surface area contributed by atoms with Crippen molar-refractivity contribution in [3.05, 3.63) is 35.9 Å². The molecule has 4 nitrogen and oxygen atoms in total. The van der Waals surface area contributed by atoms with Crippen LogP contribution >= 0.6 is 0 Å². The Morgan fingerprint density at radius 2 is 2.14 bits per heavy atom. The minimum atomic E-state index is -0.406. The van der Waals surface area contributed by atoms with Crippen LogP contribution in [0.15, 0.2) is 30.3 Å². The van der Waals surface area contributed by atoms with Crippen LogP contribution in [0.25, 0.3) is 0 Å². The zero-order valence-corrected chi connectivity index (χ0v) is 13.9. The minimum absolute atomic E-state index is 0.0911. The van der Waals surface area contributed by atoms with Gasteiger partial charge >= 0.3 is 0 Å². The van der Waals surface area contributed by atoms with E-state index in [1.54, 1.807) is 6.92 Å². The summed E-state index contributed by atoms with van der Waals surface area (Å²) in [5.41, 5.74) is 7.16. The predicted octanol–water partition coefficient (Wildman–Crippen LogP) is 2.24. The summed E-state index contributed by atoms with van der Waals surface area (Å²) in [4.78, 5) is 16.9. The van der Waals surface area contributed by atoms with Gasteiger partial charge in [0.25, 0.3) is 0 Å². The average molecular weight is 303 g/mol. The lowest BCUT2D eigenvalue weighted by atomic mass is 10.0. The molecule has 1 amide bonds. The van der Waals surface area contributed by atoms with Gasteiger partial charge in [-0.1, -0.05) is 37.3 Å². The van der Waals surface area contributed by atoms with Gasteiger partial charge in [-0.15, -0.1) is 0 Å². The van der Waals surface area contributed by atoms with Gasteiger partial charge < -0.3 is 10.6 Å². The second-order valence-electron chi connectivity index (χ2n) is 6.34. The Kier molecular flexibility index (Phi) is 6.40. The molecule has 22 heavy (non-hydrogen) atoms. The summed E-state index contributed by atoms with van der Waals surface area (Å²) >= 11 is 0. The molecule has 0 saturated carbocycles. The van der Waals surface area contributed by atoms with Crippen molar-refractivity contribution in [3.63, 3.8) is 0 Å². The molecule has 0 radical (unpaired) electrons. The van der Waals surface area contributed by atoms with E-state index in [-0.39, 0.29) is 5.91 Å². The molecular weight excluding hydrogens is 274 g/mol. The number of carbonyl (C=O) groups excluding carboxylic acids is 1. The Balaban J connectivity index is 2.00. The van der Waals surface area contributed by atoms with E-state index in [9.17, 15) is 4.79 Å². The number of carbonyl (C=O) groups is 1. The number of amides is 1. The van der Waals surface area contributed by atoms with Gasteiger partial charge in [-0.2, -0.15) is 0 Å². The largest absolute Gasteiger partial charge is 0.337 e. The first-order valence-electron chi connectivity index (χ1n) is 8.44. The first-order valence-corrected chi connectivity index (χ1v) is 8.44. The summed E-state index contributed by atoms with van der Waals surface area (Å²) in [6, 6.07) is 10.4. The van der Waals surface area contributed by atoms with Gasteiger partial charge in [0.15, 0.2) is 0 Å². The Hall–Kier alpha value is -1.39. The molecule has 1 fully saturated rings. The molecule has 0 aromatic heterocycles. The SMILES string of the molecule is CCCN(C(=O)C(C)N)C1CCCN(Cc2ccccc2)C1. The van der Waals surface area contributed by atoms with E-state index < -0.39 is 6.04 Å². The van der Waals surface area contributed by atoms with Crippen LogP contribution < -0.4 is 5.73 Å². The van der Waals surface area contributed by atoms with Crippen LogP contribution in [0.5, 0.6) is 0 Å². The molecular formula is C18H29N3O. The van der Waals surface area contributed by atoms with Crippen molar-refractivity contribution in [2.75, 3.05) is 19.6 Å². The lowest BCUT2D eigenvalue weighted by molar-refractivity contribution is -0.135. The van der Waals surface area contributed by atoms with Crippen LogP contribution in [0.3, 0.4) is 0 Å². The molecule has 122 valence electrons. The molecule has 2 unspecified atom stereocenters. The highest BCUT2D eigenvalue weighted by atomic mass is 16.2. The highest BCUT2D eigenvalue weighted by Crippen LogP contribution is 2.19. The van der Waals surface area contributed by atoms with Crippen LogP contribution in [0.1, 0.15) is 38.7 Å². The summed E-state index contributed by atoms with van der Waals surface area (Å²) in [5.74, 6) is 0.0911. The van der Waals surface area contributed by atoms with Crippen LogP contribution in [-0.2, 0) is 11.3 Å². The molecule has 1 saturated heterocycles. The highest BCUT2D eigenvalue weighted by Gasteiger charge is 2.29. The van der Waals surface area contributed by atoms with E-state index >= 15 is 0 Å². The number of piperidine rings is 1. The van der Waals surface area contributed by atoms with E-state index in [0.717, 1.165) is 45.4 Å². The Morgan fingerprint density at radius 3 is 2.77 bits per heavy atom. The molecule has 0 aliphatic carbocycles. The van der Waals surface area contributed by atoms with Crippen molar-refractivity contribution in [1.82, 2.24) is 9.80 Å². The topological polar surface area (TPSA) is 49.6 Å². The maximum atomic E-state index is 12.4. The molecule has 1 aromatic rings. The highest BCUT2D eigenvalue weighted by molar-refractivity contribution is 5.81. The van der Waals surface area contributed by atoms with Crippen molar-refractivity contribution in [3.8, 4) is 0 Å². The fraction of sp³-hybridized carbons (Fsp3) is 0.611. The van der Waals surface area contributed by atoms with Crippen molar-refractivity contribution in [1.29, 1.82) is 0 Å². The third kappa shape index (κ3) is 4.55. The van der Waals surface area contributed by atoms with Gasteiger partial charge in [0.2, 0.25) is 5.91 Å². The zero-order valence-electron chi connectivity index (χ0n) is 13.9. The predicted molar refractivity (Wildman–Crippen MR) is 90.4 cm³/mol. The smallest absolute Gasteiger partial charge is 0.239 e. The monoisotopic (exact) mass is 303 g/mol. The molecule has 0 spiro atoms. The van der Waals surface area contributed by atoms with Crippen molar-refractivity contribution in [2.45, 2.75) is 51.7 Å².